The highest BCUT2D eigenvalue weighted by Crippen LogP contribution is 2.45. The lowest BCUT2D eigenvalue weighted by molar-refractivity contribution is -0.161. The SMILES string of the molecule is CN1C=C2C=C(F)c3cccnc3C3=C2C1CC(C1=CCC2(CC1)OCCO2)N3. The molecule has 4 heterocycles. The molecule has 29 heavy (non-hydrogen) atoms. The summed E-state index contributed by atoms with van der Waals surface area (Å²) in [5.74, 6) is -0.638. The fourth-order valence-electron chi connectivity index (χ4n) is 5.37. The highest BCUT2D eigenvalue weighted by atomic mass is 19.1. The molecule has 0 bridgehead atoms. The molecule has 0 amide bonds. The Morgan fingerprint density at radius 3 is 2.97 bits per heavy atom. The molecule has 150 valence electrons. The summed E-state index contributed by atoms with van der Waals surface area (Å²) in [6, 6.07) is 4.02. The fourth-order valence-corrected chi connectivity index (χ4v) is 5.37. The summed E-state index contributed by atoms with van der Waals surface area (Å²) in [6.07, 6.45) is 11.3. The van der Waals surface area contributed by atoms with Gasteiger partial charge in [0.1, 0.15) is 5.83 Å². The molecule has 3 aliphatic heterocycles. The number of rotatable bonds is 1. The first-order chi connectivity index (χ1) is 14.1. The number of likely N-dealkylation sites (N-methyl/N-ethyl adjacent to an activating group) is 1. The van der Waals surface area contributed by atoms with Gasteiger partial charge in [-0.1, -0.05) is 11.6 Å². The van der Waals surface area contributed by atoms with Crippen LogP contribution in [0.4, 0.5) is 4.39 Å². The number of allylic oxidation sites excluding steroid dienone is 1. The standard InChI is InChI=1S/C23H24FN3O2/c1-27-13-15-11-17(24)16-3-2-8-25-21(16)22-20(15)19(27)12-18(26-22)14-4-6-23(7-5-14)28-9-10-29-23/h2-4,8,11,13,18-19,26H,5-7,9-10,12H2,1H3. The minimum atomic E-state index is -0.412. The van der Waals surface area contributed by atoms with Crippen LogP contribution >= 0.6 is 0 Å². The monoisotopic (exact) mass is 393 g/mol. The Kier molecular flexibility index (Phi) is 3.77. The number of aromatic nitrogens is 1. The number of nitrogens with zero attached hydrogens (tertiary/aromatic N) is 2. The molecule has 6 rings (SSSR count). The molecule has 0 saturated carbocycles. The molecular weight excluding hydrogens is 369 g/mol. The van der Waals surface area contributed by atoms with Crippen molar-refractivity contribution in [3.05, 3.63) is 64.7 Å². The molecule has 2 aliphatic carbocycles. The summed E-state index contributed by atoms with van der Waals surface area (Å²) < 4.78 is 26.7. The highest BCUT2D eigenvalue weighted by molar-refractivity contribution is 5.85. The smallest absolute Gasteiger partial charge is 0.172 e. The molecule has 1 saturated heterocycles. The summed E-state index contributed by atoms with van der Waals surface area (Å²) >= 11 is 0. The maximum absolute atomic E-state index is 14.9. The minimum Gasteiger partial charge on any atom is -0.376 e. The van der Waals surface area contributed by atoms with E-state index in [4.69, 9.17) is 9.47 Å². The largest absolute Gasteiger partial charge is 0.376 e. The van der Waals surface area contributed by atoms with Crippen LogP contribution in [0.5, 0.6) is 0 Å². The van der Waals surface area contributed by atoms with E-state index in [0.717, 1.165) is 42.5 Å². The fraction of sp³-hybridized carbons (Fsp3) is 0.435. The van der Waals surface area contributed by atoms with Crippen molar-refractivity contribution in [1.29, 1.82) is 0 Å². The lowest BCUT2D eigenvalue weighted by Gasteiger charge is -2.39. The number of halogens is 1. The Balaban J connectivity index is 1.39. The average molecular weight is 393 g/mol. The van der Waals surface area contributed by atoms with E-state index in [1.165, 1.54) is 5.57 Å². The molecular formula is C23H24FN3O2. The van der Waals surface area contributed by atoms with E-state index < -0.39 is 5.79 Å². The molecule has 6 heteroatoms. The molecule has 1 spiro atoms. The third-order valence-corrected chi connectivity index (χ3v) is 6.84. The molecule has 2 atom stereocenters. The predicted octanol–water partition coefficient (Wildman–Crippen LogP) is 3.53. The van der Waals surface area contributed by atoms with Gasteiger partial charge in [0, 0.05) is 55.0 Å². The quantitative estimate of drug-likeness (QED) is 0.740. The van der Waals surface area contributed by atoms with E-state index in [0.29, 0.717) is 24.5 Å². The van der Waals surface area contributed by atoms with E-state index in [9.17, 15) is 4.39 Å². The molecule has 1 aromatic heterocycles. The van der Waals surface area contributed by atoms with Gasteiger partial charge in [0.25, 0.3) is 0 Å². The van der Waals surface area contributed by atoms with Crippen molar-refractivity contribution in [2.45, 2.75) is 43.6 Å². The first kappa shape index (κ1) is 17.4. The maximum atomic E-state index is 14.9. The molecule has 1 aromatic rings. The normalized spacial score (nSPS) is 29.6. The summed E-state index contributed by atoms with van der Waals surface area (Å²) in [5.41, 5.74) is 5.73. The number of hydrogen-bond donors (Lipinski definition) is 1. The Morgan fingerprint density at radius 1 is 1.31 bits per heavy atom. The lowest BCUT2D eigenvalue weighted by atomic mass is 9.82. The van der Waals surface area contributed by atoms with Gasteiger partial charge in [0.2, 0.25) is 0 Å². The molecule has 5 aliphatic rings. The lowest BCUT2D eigenvalue weighted by Crippen LogP contribution is -2.44. The van der Waals surface area contributed by atoms with Crippen LogP contribution in [0, 0.1) is 0 Å². The Morgan fingerprint density at radius 2 is 2.17 bits per heavy atom. The zero-order valence-corrected chi connectivity index (χ0v) is 16.5. The van der Waals surface area contributed by atoms with Crippen LogP contribution in [-0.4, -0.2) is 48.0 Å². The third kappa shape index (κ3) is 2.62. The summed E-state index contributed by atoms with van der Waals surface area (Å²) in [5, 5.41) is 3.74. The van der Waals surface area contributed by atoms with E-state index in [2.05, 4.69) is 34.5 Å². The summed E-state index contributed by atoms with van der Waals surface area (Å²) in [7, 11) is 2.08. The summed E-state index contributed by atoms with van der Waals surface area (Å²) in [4.78, 5) is 6.78. The van der Waals surface area contributed by atoms with Crippen molar-refractivity contribution in [2.24, 2.45) is 0 Å². The van der Waals surface area contributed by atoms with Crippen molar-refractivity contribution in [3.8, 4) is 0 Å². The molecule has 1 fully saturated rings. The van der Waals surface area contributed by atoms with Crippen LogP contribution in [0.15, 0.2) is 53.4 Å². The number of ether oxygens (including phenoxy) is 2. The van der Waals surface area contributed by atoms with Crippen molar-refractivity contribution in [3.63, 3.8) is 0 Å². The zero-order valence-electron chi connectivity index (χ0n) is 16.5. The van der Waals surface area contributed by atoms with Gasteiger partial charge >= 0.3 is 0 Å². The highest BCUT2D eigenvalue weighted by Gasteiger charge is 2.43. The minimum absolute atomic E-state index is 0.198. The van der Waals surface area contributed by atoms with E-state index in [-0.39, 0.29) is 17.9 Å². The van der Waals surface area contributed by atoms with Crippen LogP contribution < -0.4 is 5.32 Å². The van der Waals surface area contributed by atoms with Crippen LogP contribution in [-0.2, 0) is 9.47 Å². The van der Waals surface area contributed by atoms with E-state index >= 15 is 0 Å². The van der Waals surface area contributed by atoms with Crippen molar-refractivity contribution >= 4 is 11.5 Å². The predicted molar refractivity (Wildman–Crippen MR) is 108 cm³/mol. The molecule has 5 nitrogen and oxygen atoms in total. The Hall–Kier alpha value is -2.44. The second-order valence-electron chi connectivity index (χ2n) is 8.47. The van der Waals surface area contributed by atoms with Gasteiger partial charge in [-0.2, -0.15) is 0 Å². The van der Waals surface area contributed by atoms with Crippen molar-refractivity contribution in [2.75, 3.05) is 20.3 Å². The molecule has 0 aromatic carbocycles. The zero-order chi connectivity index (χ0) is 19.6. The van der Waals surface area contributed by atoms with Gasteiger partial charge in [-0.15, -0.1) is 0 Å². The molecule has 2 unspecified atom stereocenters. The van der Waals surface area contributed by atoms with Gasteiger partial charge in [-0.3, -0.25) is 4.98 Å². The summed E-state index contributed by atoms with van der Waals surface area (Å²) in [6.45, 7) is 1.37. The van der Waals surface area contributed by atoms with Crippen molar-refractivity contribution < 1.29 is 13.9 Å². The average Bonchev–Trinajstić information content (AvgIpc) is 3.29. The number of hydrogen-bond acceptors (Lipinski definition) is 5. The van der Waals surface area contributed by atoms with Gasteiger partial charge < -0.3 is 19.7 Å². The first-order valence-electron chi connectivity index (χ1n) is 10.4. The Bertz CT molecular complexity index is 1000. The van der Waals surface area contributed by atoms with Gasteiger partial charge in [0.05, 0.1) is 30.6 Å². The van der Waals surface area contributed by atoms with Gasteiger partial charge in [0.15, 0.2) is 5.79 Å². The van der Waals surface area contributed by atoms with E-state index in [1.54, 1.807) is 18.3 Å². The van der Waals surface area contributed by atoms with Crippen LogP contribution in [0.3, 0.4) is 0 Å². The third-order valence-electron chi connectivity index (χ3n) is 6.84. The number of fused-ring (bicyclic) bond motifs is 2. The second kappa shape index (κ2) is 6.28. The van der Waals surface area contributed by atoms with Crippen LogP contribution in [0.25, 0.3) is 11.5 Å². The molecule has 1 N–H and O–H groups in total. The first-order valence-corrected chi connectivity index (χ1v) is 10.4. The van der Waals surface area contributed by atoms with Crippen LogP contribution in [0.1, 0.15) is 36.9 Å². The van der Waals surface area contributed by atoms with Gasteiger partial charge in [-0.05, 0) is 31.1 Å². The van der Waals surface area contributed by atoms with E-state index in [1.807, 2.05) is 6.07 Å². The second-order valence-corrected chi connectivity index (χ2v) is 8.47. The van der Waals surface area contributed by atoms with Crippen LogP contribution in [0.2, 0.25) is 0 Å². The van der Waals surface area contributed by atoms with Crippen molar-refractivity contribution in [1.82, 2.24) is 15.2 Å². The maximum Gasteiger partial charge on any atom is 0.172 e. The topological polar surface area (TPSA) is 46.6 Å². The number of nitrogens with one attached hydrogen (secondary N) is 1. The number of pyridine rings is 1. The Labute approximate surface area is 169 Å². The molecule has 0 radical (unpaired) electrons. The van der Waals surface area contributed by atoms with Gasteiger partial charge in [-0.25, -0.2) is 4.39 Å².